The number of hydrogen-bond acceptors (Lipinski definition) is 6. The second-order valence-electron chi connectivity index (χ2n) is 4.73. The van der Waals surface area contributed by atoms with E-state index in [-0.39, 0.29) is 17.7 Å². The van der Waals surface area contributed by atoms with Gasteiger partial charge in [0.15, 0.2) is 11.5 Å². The van der Waals surface area contributed by atoms with Crippen LogP contribution in [0.15, 0.2) is 23.1 Å². The molecule has 0 radical (unpaired) electrons. The summed E-state index contributed by atoms with van der Waals surface area (Å²) in [5.74, 6) is 1.05. The first-order chi connectivity index (χ1) is 10.7. The normalized spacial score (nSPS) is 19.1. The van der Waals surface area contributed by atoms with Gasteiger partial charge in [-0.2, -0.15) is 0 Å². The Balaban J connectivity index is 1.80. The van der Waals surface area contributed by atoms with E-state index in [1.807, 2.05) is 6.07 Å². The zero-order chi connectivity index (χ0) is 15.5. The molecule has 116 valence electrons. The number of rotatable bonds is 4. The van der Waals surface area contributed by atoms with Crippen LogP contribution in [0, 0.1) is 0 Å². The molecule has 1 saturated heterocycles. The molecule has 0 unspecified atom stereocenters. The molecule has 2 aliphatic heterocycles. The monoisotopic (exact) mass is 321 g/mol. The third-order valence-corrected chi connectivity index (χ3v) is 4.16. The average molecular weight is 321 g/mol. The molecule has 0 N–H and O–H groups in total. The number of imide groups is 1. The quantitative estimate of drug-likeness (QED) is 0.792. The lowest BCUT2D eigenvalue weighted by Gasteiger charge is -2.18. The Labute approximate surface area is 132 Å². The molecule has 2 heterocycles. The standard InChI is InChI=1S/C15H15NO5S/c1-19-5-4-16-14(17)13(22-15(16)18)9-10-2-3-11-12(8-10)21-7-6-20-11/h2-3,8-9H,4-7H2,1H3/b13-9+. The van der Waals surface area contributed by atoms with Gasteiger partial charge in [0.05, 0.1) is 18.1 Å². The lowest BCUT2D eigenvalue weighted by Crippen LogP contribution is -2.31. The van der Waals surface area contributed by atoms with Crippen LogP contribution in [-0.2, 0) is 9.53 Å². The second kappa shape index (κ2) is 6.41. The predicted octanol–water partition coefficient (Wildman–Crippen LogP) is 2.14. The highest BCUT2D eigenvalue weighted by atomic mass is 32.2. The van der Waals surface area contributed by atoms with E-state index in [0.29, 0.717) is 36.2 Å². The van der Waals surface area contributed by atoms with Crippen LogP contribution < -0.4 is 9.47 Å². The van der Waals surface area contributed by atoms with E-state index in [1.165, 1.54) is 12.0 Å². The summed E-state index contributed by atoms with van der Waals surface area (Å²) in [6.45, 7) is 1.63. The minimum absolute atomic E-state index is 0.264. The second-order valence-corrected chi connectivity index (χ2v) is 5.72. The zero-order valence-electron chi connectivity index (χ0n) is 12.0. The van der Waals surface area contributed by atoms with Crippen molar-refractivity contribution in [1.29, 1.82) is 0 Å². The Kier molecular flexibility index (Phi) is 4.35. The number of nitrogens with zero attached hydrogens (tertiary/aromatic N) is 1. The number of thioether (sulfide) groups is 1. The highest BCUT2D eigenvalue weighted by Crippen LogP contribution is 2.35. The molecule has 2 amide bonds. The van der Waals surface area contributed by atoms with Gasteiger partial charge in [-0.3, -0.25) is 14.5 Å². The van der Waals surface area contributed by atoms with Gasteiger partial charge in [-0.05, 0) is 35.5 Å². The molecule has 6 nitrogen and oxygen atoms in total. The van der Waals surface area contributed by atoms with Crippen molar-refractivity contribution in [2.45, 2.75) is 0 Å². The van der Waals surface area contributed by atoms with Crippen LogP contribution in [0.1, 0.15) is 5.56 Å². The van der Waals surface area contributed by atoms with Crippen molar-refractivity contribution in [3.05, 3.63) is 28.7 Å². The van der Waals surface area contributed by atoms with Gasteiger partial charge in [0.25, 0.3) is 11.1 Å². The maximum atomic E-state index is 12.2. The first-order valence-electron chi connectivity index (χ1n) is 6.83. The minimum atomic E-state index is -0.290. The van der Waals surface area contributed by atoms with Gasteiger partial charge in [-0.15, -0.1) is 0 Å². The summed E-state index contributed by atoms with van der Waals surface area (Å²) in [6, 6.07) is 5.43. The van der Waals surface area contributed by atoms with Crippen LogP contribution >= 0.6 is 11.8 Å². The van der Waals surface area contributed by atoms with Crippen molar-refractivity contribution in [2.75, 3.05) is 33.5 Å². The summed E-state index contributed by atoms with van der Waals surface area (Å²) in [7, 11) is 1.53. The van der Waals surface area contributed by atoms with E-state index in [0.717, 1.165) is 17.3 Å². The fourth-order valence-electron chi connectivity index (χ4n) is 2.18. The lowest BCUT2D eigenvalue weighted by molar-refractivity contribution is -0.123. The van der Waals surface area contributed by atoms with Gasteiger partial charge >= 0.3 is 0 Å². The molecular weight excluding hydrogens is 306 g/mol. The average Bonchev–Trinajstić information content (AvgIpc) is 2.79. The molecule has 1 fully saturated rings. The van der Waals surface area contributed by atoms with Crippen molar-refractivity contribution in [3.8, 4) is 11.5 Å². The Morgan fingerprint density at radius 1 is 1.27 bits per heavy atom. The van der Waals surface area contributed by atoms with Crippen molar-refractivity contribution in [1.82, 2.24) is 4.90 Å². The van der Waals surface area contributed by atoms with E-state index in [2.05, 4.69) is 0 Å². The van der Waals surface area contributed by atoms with Crippen LogP contribution in [0.5, 0.6) is 11.5 Å². The third-order valence-electron chi connectivity index (χ3n) is 3.26. The van der Waals surface area contributed by atoms with Gasteiger partial charge in [-0.25, -0.2) is 0 Å². The molecular formula is C15H15NO5S. The van der Waals surface area contributed by atoms with Gasteiger partial charge in [0.2, 0.25) is 0 Å². The molecule has 22 heavy (non-hydrogen) atoms. The van der Waals surface area contributed by atoms with Gasteiger partial charge < -0.3 is 14.2 Å². The van der Waals surface area contributed by atoms with E-state index >= 15 is 0 Å². The Morgan fingerprint density at radius 2 is 2.05 bits per heavy atom. The Bertz CT molecular complexity index is 643. The van der Waals surface area contributed by atoms with E-state index in [9.17, 15) is 9.59 Å². The molecule has 2 aliphatic rings. The summed E-state index contributed by atoms with van der Waals surface area (Å²) in [5, 5.41) is -0.272. The zero-order valence-corrected chi connectivity index (χ0v) is 12.9. The fraction of sp³-hybridized carbons (Fsp3) is 0.333. The molecule has 0 atom stereocenters. The molecule has 0 bridgehead atoms. The van der Waals surface area contributed by atoms with Crippen LogP contribution in [0.4, 0.5) is 4.79 Å². The topological polar surface area (TPSA) is 65.1 Å². The van der Waals surface area contributed by atoms with Crippen molar-refractivity contribution < 1.29 is 23.8 Å². The number of amides is 2. The van der Waals surface area contributed by atoms with E-state index in [1.54, 1.807) is 18.2 Å². The largest absolute Gasteiger partial charge is 0.486 e. The number of carbonyl (C=O) groups is 2. The number of benzene rings is 1. The molecule has 7 heteroatoms. The number of fused-ring (bicyclic) bond motifs is 1. The minimum Gasteiger partial charge on any atom is -0.486 e. The van der Waals surface area contributed by atoms with E-state index < -0.39 is 0 Å². The molecule has 0 aliphatic carbocycles. The van der Waals surface area contributed by atoms with Crippen LogP contribution in [0.2, 0.25) is 0 Å². The molecule has 1 aromatic carbocycles. The van der Waals surface area contributed by atoms with Crippen molar-refractivity contribution in [2.24, 2.45) is 0 Å². The first-order valence-corrected chi connectivity index (χ1v) is 7.64. The summed E-state index contributed by atoms with van der Waals surface area (Å²) < 4.78 is 15.9. The number of carbonyl (C=O) groups excluding carboxylic acids is 2. The molecule has 0 spiro atoms. The maximum Gasteiger partial charge on any atom is 0.293 e. The summed E-state index contributed by atoms with van der Waals surface area (Å²) in [4.78, 5) is 25.7. The highest BCUT2D eigenvalue weighted by molar-refractivity contribution is 8.18. The molecule has 0 saturated carbocycles. The van der Waals surface area contributed by atoms with Crippen LogP contribution in [-0.4, -0.2) is 49.5 Å². The number of hydrogen-bond donors (Lipinski definition) is 0. The maximum absolute atomic E-state index is 12.2. The smallest absolute Gasteiger partial charge is 0.293 e. The third kappa shape index (κ3) is 2.95. The Morgan fingerprint density at radius 3 is 2.82 bits per heavy atom. The predicted molar refractivity (Wildman–Crippen MR) is 82.0 cm³/mol. The molecule has 3 rings (SSSR count). The highest BCUT2D eigenvalue weighted by Gasteiger charge is 2.34. The van der Waals surface area contributed by atoms with E-state index in [4.69, 9.17) is 14.2 Å². The molecule has 0 aromatic heterocycles. The number of ether oxygens (including phenoxy) is 3. The summed E-state index contributed by atoms with van der Waals surface area (Å²) >= 11 is 0.935. The van der Waals surface area contributed by atoms with Crippen LogP contribution in [0.3, 0.4) is 0 Å². The van der Waals surface area contributed by atoms with Crippen molar-refractivity contribution in [3.63, 3.8) is 0 Å². The molecule has 1 aromatic rings. The number of methoxy groups -OCH3 is 1. The van der Waals surface area contributed by atoms with Gasteiger partial charge in [0, 0.05) is 7.11 Å². The first kappa shape index (κ1) is 14.9. The van der Waals surface area contributed by atoms with Crippen LogP contribution in [0.25, 0.3) is 6.08 Å². The summed E-state index contributed by atoms with van der Waals surface area (Å²) in [5.41, 5.74) is 0.793. The lowest BCUT2D eigenvalue weighted by atomic mass is 10.1. The Hall–Kier alpha value is -1.99. The van der Waals surface area contributed by atoms with Gasteiger partial charge in [-0.1, -0.05) is 6.07 Å². The fourth-order valence-corrected chi connectivity index (χ4v) is 3.04. The van der Waals surface area contributed by atoms with Crippen molar-refractivity contribution >= 4 is 29.0 Å². The van der Waals surface area contributed by atoms with Gasteiger partial charge in [0.1, 0.15) is 13.2 Å². The summed E-state index contributed by atoms with van der Waals surface area (Å²) in [6.07, 6.45) is 1.69. The SMILES string of the molecule is COCCN1C(=O)S/C(=C/c2ccc3c(c2)OCCO3)C1=O.